The monoisotopic (exact) mass is 507 g/mol. The highest BCUT2D eigenvalue weighted by molar-refractivity contribution is 7.91. The third-order valence-electron chi connectivity index (χ3n) is 7.49. The third-order valence-corrected chi connectivity index (χ3v) is 8.95. The van der Waals surface area contributed by atoms with E-state index in [1.807, 2.05) is 6.92 Å². The molecule has 190 valence electrons. The molecule has 0 aliphatic carbocycles. The average Bonchev–Trinajstić information content (AvgIpc) is 3.48. The van der Waals surface area contributed by atoms with Crippen molar-refractivity contribution in [3.63, 3.8) is 0 Å². The zero-order valence-corrected chi connectivity index (χ0v) is 21.8. The molecule has 0 saturated carbocycles. The number of benzene rings is 1. The fraction of sp³-hybridized carbons (Fsp3) is 0.519. The lowest BCUT2D eigenvalue weighted by atomic mass is 9.97. The van der Waals surface area contributed by atoms with Gasteiger partial charge in [0.15, 0.2) is 17.5 Å². The van der Waals surface area contributed by atoms with Crippen LogP contribution in [0.4, 0.5) is 11.8 Å². The summed E-state index contributed by atoms with van der Waals surface area (Å²) in [7, 11) is 0. The molecule has 5 heterocycles. The first-order chi connectivity index (χ1) is 17.5. The van der Waals surface area contributed by atoms with Crippen molar-refractivity contribution >= 4 is 22.9 Å². The molecule has 1 N–H and O–H groups in total. The van der Waals surface area contributed by atoms with Gasteiger partial charge in [-0.1, -0.05) is 29.8 Å². The molecule has 0 spiro atoms. The molecule has 1 unspecified atom stereocenters. The second kappa shape index (κ2) is 10.0. The van der Waals surface area contributed by atoms with Gasteiger partial charge in [0.25, 0.3) is 0 Å². The number of ether oxygens (including phenoxy) is 1. The number of piperidine rings is 1. The number of hydrogen-bond acceptors (Lipinski definition) is 8. The van der Waals surface area contributed by atoms with Crippen molar-refractivity contribution in [2.45, 2.75) is 62.8 Å². The van der Waals surface area contributed by atoms with Crippen molar-refractivity contribution in [2.24, 2.45) is 0 Å². The summed E-state index contributed by atoms with van der Waals surface area (Å²) in [5, 5.41) is 3.58. The molecule has 0 amide bonds. The summed E-state index contributed by atoms with van der Waals surface area (Å²) < 4.78 is 24.5. The Hall–Kier alpha value is -2.62. The van der Waals surface area contributed by atoms with Gasteiger partial charge in [-0.05, 0) is 50.7 Å². The predicted molar refractivity (Wildman–Crippen MR) is 140 cm³/mol. The number of aryl methyl sites for hydroxylation is 3. The number of fused-ring (bicyclic) bond motifs is 1. The van der Waals surface area contributed by atoms with Crippen molar-refractivity contribution in [1.82, 2.24) is 15.0 Å². The number of rotatable bonds is 5. The molecule has 3 aliphatic rings. The summed E-state index contributed by atoms with van der Waals surface area (Å²) in [5.74, 6) is 4.10. The van der Waals surface area contributed by atoms with Gasteiger partial charge in [0.1, 0.15) is 11.4 Å². The maximum absolute atomic E-state index is 12.7. The smallest absolute Gasteiger partial charge is 0.227 e. The minimum Gasteiger partial charge on any atom is -0.611 e. The van der Waals surface area contributed by atoms with E-state index in [0.29, 0.717) is 11.8 Å². The Balaban J connectivity index is 1.18. The van der Waals surface area contributed by atoms with E-state index in [1.165, 1.54) is 5.56 Å². The van der Waals surface area contributed by atoms with Crippen LogP contribution in [0, 0.1) is 13.8 Å². The highest BCUT2D eigenvalue weighted by atomic mass is 32.2. The van der Waals surface area contributed by atoms with Crippen molar-refractivity contribution in [3.8, 4) is 11.3 Å². The van der Waals surface area contributed by atoms with Gasteiger partial charge in [-0.15, -0.1) is 0 Å². The van der Waals surface area contributed by atoms with Crippen LogP contribution < -0.4 is 10.2 Å². The molecule has 0 bridgehead atoms. The lowest BCUT2D eigenvalue weighted by Gasteiger charge is -2.31. The predicted octanol–water partition coefficient (Wildman–Crippen LogP) is 4.39. The van der Waals surface area contributed by atoms with Gasteiger partial charge in [0.2, 0.25) is 10.8 Å². The molecule has 8 nitrogen and oxygen atoms in total. The second-order valence-electron chi connectivity index (χ2n) is 10.1. The highest BCUT2D eigenvalue weighted by Crippen LogP contribution is 2.36. The molecular weight excluding hydrogens is 474 g/mol. The Kier molecular flexibility index (Phi) is 6.62. The number of aromatic nitrogens is 3. The Morgan fingerprint density at radius 2 is 1.75 bits per heavy atom. The van der Waals surface area contributed by atoms with Crippen LogP contribution in [0.3, 0.4) is 0 Å². The number of nitrogens with one attached hydrogen (secondary N) is 1. The van der Waals surface area contributed by atoms with Gasteiger partial charge >= 0.3 is 0 Å². The van der Waals surface area contributed by atoms with Crippen LogP contribution in [0.1, 0.15) is 54.4 Å². The Morgan fingerprint density at radius 1 is 1.00 bits per heavy atom. The standard InChI is InChI=1S/C27H33N5O3S/c1-17-3-5-19(6-4-17)23-18(2)28-26(35-23)20-7-12-32(13-8-20)27-30-22-11-16-36(33)24(22)25(31-27)29-21-9-14-34-15-10-21/h3-6,20-21H,7-16H2,1-2H3,(H,29,30,31). The molecule has 9 heteroatoms. The fourth-order valence-electron chi connectivity index (χ4n) is 5.35. The third kappa shape index (κ3) is 4.71. The van der Waals surface area contributed by atoms with Crippen molar-refractivity contribution in [2.75, 3.05) is 42.3 Å². The van der Waals surface area contributed by atoms with E-state index < -0.39 is 11.2 Å². The van der Waals surface area contributed by atoms with E-state index in [4.69, 9.17) is 24.1 Å². The van der Waals surface area contributed by atoms with E-state index in [0.717, 1.165) is 104 Å². The number of nitrogens with zero attached hydrogens (tertiary/aromatic N) is 4. The summed E-state index contributed by atoms with van der Waals surface area (Å²) in [6, 6.07) is 8.70. The first-order valence-electron chi connectivity index (χ1n) is 13.0. The van der Waals surface area contributed by atoms with Crippen LogP contribution in [0.5, 0.6) is 0 Å². The fourth-order valence-corrected chi connectivity index (χ4v) is 6.66. The lowest BCUT2D eigenvalue weighted by Crippen LogP contribution is -2.35. The van der Waals surface area contributed by atoms with Crippen LogP contribution in [0.2, 0.25) is 0 Å². The molecule has 2 aromatic heterocycles. The number of oxazole rings is 1. The second-order valence-corrected chi connectivity index (χ2v) is 11.6. The summed E-state index contributed by atoms with van der Waals surface area (Å²) in [6.07, 6.45) is 4.48. The van der Waals surface area contributed by atoms with Crippen LogP contribution in [-0.4, -0.2) is 57.6 Å². The first kappa shape index (κ1) is 23.8. The topological polar surface area (TPSA) is 99.4 Å². The van der Waals surface area contributed by atoms with Crippen LogP contribution in [-0.2, 0) is 22.3 Å². The van der Waals surface area contributed by atoms with E-state index in [2.05, 4.69) is 41.4 Å². The van der Waals surface area contributed by atoms with Crippen LogP contribution >= 0.6 is 0 Å². The maximum atomic E-state index is 12.7. The summed E-state index contributed by atoms with van der Waals surface area (Å²) in [6.45, 7) is 7.28. The van der Waals surface area contributed by atoms with Crippen molar-refractivity contribution in [3.05, 3.63) is 47.1 Å². The molecule has 3 aromatic rings. The van der Waals surface area contributed by atoms with Crippen molar-refractivity contribution in [1.29, 1.82) is 0 Å². The van der Waals surface area contributed by atoms with Crippen molar-refractivity contribution < 1.29 is 13.7 Å². The highest BCUT2D eigenvalue weighted by Gasteiger charge is 2.35. The van der Waals surface area contributed by atoms with E-state index in [9.17, 15) is 4.55 Å². The first-order valence-corrected chi connectivity index (χ1v) is 14.3. The molecule has 1 atom stereocenters. The van der Waals surface area contributed by atoms with Gasteiger partial charge in [-0.2, -0.15) is 4.98 Å². The number of hydrogen-bond donors (Lipinski definition) is 1. The van der Waals surface area contributed by atoms with Crippen LogP contribution in [0.15, 0.2) is 33.6 Å². The summed E-state index contributed by atoms with van der Waals surface area (Å²) >= 11 is -1.03. The molecule has 6 rings (SSSR count). The zero-order chi connectivity index (χ0) is 24.6. The summed E-state index contributed by atoms with van der Waals surface area (Å²) in [4.78, 5) is 17.6. The average molecular weight is 508 g/mol. The van der Waals surface area contributed by atoms with Gasteiger partial charge in [-0.25, -0.2) is 9.97 Å². The minimum absolute atomic E-state index is 0.279. The van der Waals surface area contributed by atoms with E-state index in [-0.39, 0.29) is 5.92 Å². The van der Waals surface area contributed by atoms with Crippen LogP contribution in [0.25, 0.3) is 11.3 Å². The normalized spacial score (nSPS) is 21.1. The molecular formula is C27H33N5O3S. The Bertz CT molecular complexity index is 1220. The quantitative estimate of drug-likeness (QED) is 0.508. The zero-order valence-electron chi connectivity index (χ0n) is 21.0. The van der Waals surface area contributed by atoms with E-state index in [1.54, 1.807) is 0 Å². The molecule has 1 aromatic carbocycles. The largest absolute Gasteiger partial charge is 0.611 e. The van der Waals surface area contributed by atoms with E-state index >= 15 is 0 Å². The van der Waals surface area contributed by atoms with Gasteiger partial charge in [0, 0.05) is 50.2 Å². The Labute approximate surface area is 215 Å². The molecule has 3 aliphatic heterocycles. The lowest BCUT2D eigenvalue weighted by molar-refractivity contribution is 0.0903. The Morgan fingerprint density at radius 3 is 2.50 bits per heavy atom. The molecule has 36 heavy (non-hydrogen) atoms. The molecule has 2 fully saturated rings. The maximum Gasteiger partial charge on any atom is 0.227 e. The van der Waals surface area contributed by atoms with Gasteiger partial charge < -0.3 is 23.9 Å². The molecule has 2 saturated heterocycles. The minimum atomic E-state index is -1.03. The van der Waals surface area contributed by atoms with Gasteiger partial charge in [0.05, 0.1) is 5.69 Å². The summed E-state index contributed by atoms with van der Waals surface area (Å²) in [5.41, 5.74) is 4.17. The van der Waals surface area contributed by atoms with Gasteiger partial charge in [-0.3, -0.25) is 0 Å². The SMILES string of the molecule is Cc1ccc(-c2oc(C3CCN(c4nc5c(c(NC6CCOCC6)n4)[S+]([O-])CC5)CC3)nc2C)cc1. The molecule has 0 radical (unpaired) electrons. The number of anilines is 2.